The predicted molar refractivity (Wildman–Crippen MR) is 104 cm³/mol. The van der Waals surface area contributed by atoms with Crippen molar-refractivity contribution in [2.45, 2.75) is 25.0 Å². The summed E-state index contributed by atoms with van der Waals surface area (Å²) in [4.78, 5) is 49.7. The molecule has 2 amide bonds. The zero-order chi connectivity index (χ0) is 22.5. The number of carbonyl (C=O) groups is 3. The molecule has 2 fully saturated rings. The Hall–Kier alpha value is -3.66. The maximum Gasteiger partial charge on any atom is 0.324 e. The van der Waals surface area contributed by atoms with Crippen molar-refractivity contribution < 1.29 is 28.8 Å². The quantitative estimate of drug-likeness (QED) is 0.424. The lowest BCUT2D eigenvalue weighted by Gasteiger charge is -2.27. The van der Waals surface area contributed by atoms with Crippen molar-refractivity contribution in [1.29, 1.82) is 0 Å². The third-order valence-corrected chi connectivity index (χ3v) is 6.04. The molecule has 0 radical (unpaired) electrons. The van der Waals surface area contributed by atoms with Crippen LogP contribution in [0, 0.1) is 27.8 Å². The number of amides is 2. The molecule has 2 heterocycles. The standard InChI is InChI=1S/C21H18FN3O6/c1-21(20(28)29)16-15(17(23-21)12-4-6-13(22)7-5-12)18(26)24(19(16)27)10-11-2-8-14(9-3-11)25(30)31/h2-9,15-17,23H,10H2,1H3,(H,28,29). The molecule has 4 unspecified atom stereocenters. The van der Waals surface area contributed by atoms with E-state index in [0.717, 1.165) is 4.90 Å². The number of carboxylic acids is 1. The number of hydrogen-bond donors (Lipinski definition) is 2. The van der Waals surface area contributed by atoms with Crippen LogP contribution in [0.25, 0.3) is 0 Å². The van der Waals surface area contributed by atoms with Gasteiger partial charge in [0.2, 0.25) is 11.8 Å². The molecule has 0 aromatic heterocycles. The number of imide groups is 1. The lowest BCUT2D eigenvalue weighted by Crippen LogP contribution is -2.53. The van der Waals surface area contributed by atoms with E-state index >= 15 is 0 Å². The highest BCUT2D eigenvalue weighted by Gasteiger charge is 2.66. The van der Waals surface area contributed by atoms with Crippen molar-refractivity contribution in [2.75, 3.05) is 0 Å². The first-order chi connectivity index (χ1) is 14.6. The molecule has 2 N–H and O–H groups in total. The highest BCUT2D eigenvalue weighted by atomic mass is 19.1. The van der Waals surface area contributed by atoms with Gasteiger partial charge in [-0.05, 0) is 30.2 Å². The molecular weight excluding hydrogens is 409 g/mol. The van der Waals surface area contributed by atoms with Gasteiger partial charge in [-0.1, -0.05) is 24.3 Å². The molecule has 2 saturated heterocycles. The molecule has 0 saturated carbocycles. The Bertz CT molecular complexity index is 1090. The SMILES string of the molecule is CC1(C(=O)O)NC(c2ccc(F)cc2)C2C(=O)N(Cc3ccc([N+](=O)[O-])cc3)C(=O)C21. The number of fused-ring (bicyclic) bond motifs is 1. The van der Waals surface area contributed by atoms with Crippen molar-refractivity contribution in [3.63, 3.8) is 0 Å². The molecule has 0 bridgehead atoms. The zero-order valence-electron chi connectivity index (χ0n) is 16.3. The van der Waals surface area contributed by atoms with E-state index in [1.54, 1.807) is 0 Å². The van der Waals surface area contributed by atoms with Crippen LogP contribution in [0.4, 0.5) is 10.1 Å². The predicted octanol–water partition coefficient (Wildman–Crippen LogP) is 2.02. The van der Waals surface area contributed by atoms with E-state index in [2.05, 4.69) is 5.32 Å². The molecule has 2 aromatic carbocycles. The van der Waals surface area contributed by atoms with Crippen molar-refractivity contribution in [2.24, 2.45) is 11.8 Å². The summed E-state index contributed by atoms with van der Waals surface area (Å²) >= 11 is 0. The molecule has 4 rings (SSSR count). The van der Waals surface area contributed by atoms with Gasteiger partial charge in [-0.2, -0.15) is 0 Å². The van der Waals surface area contributed by atoms with Crippen LogP contribution in [-0.2, 0) is 20.9 Å². The fourth-order valence-corrected chi connectivity index (χ4v) is 4.41. The summed E-state index contributed by atoms with van der Waals surface area (Å²) in [5, 5.41) is 23.5. The second kappa shape index (κ2) is 7.24. The van der Waals surface area contributed by atoms with E-state index in [-0.39, 0.29) is 12.2 Å². The summed E-state index contributed by atoms with van der Waals surface area (Å²) < 4.78 is 13.4. The van der Waals surface area contributed by atoms with Gasteiger partial charge in [0.1, 0.15) is 11.4 Å². The van der Waals surface area contributed by atoms with Gasteiger partial charge >= 0.3 is 5.97 Å². The Morgan fingerprint density at radius 2 is 1.77 bits per heavy atom. The van der Waals surface area contributed by atoms with Crippen LogP contribution in [0.1, 0.15) is 24.1 Å². The third kappa shape index (κ3) is 3.25. The number of carbonyl (C=O) groups excluding carboxylic acids is 2. The molecule has 2 aromatic rings. The average Bonchev–Trinajstić information content (AvgIpc) is 3.18. The van der Waals surface area contributed by atoms with Gasteiger partial charge in [0.25, 0.3) is 5.69 Å². The number of non-ortho nitro benzene ring substituents is 1. The fourth-order valence-electron chi connectivity index (χ4n) is 4.41. The maximum atomic E-state index is 13.4. The summed E-state index contributed by atoms with van der Waals surface area (Å²) in [5.41, 5.74) is -0.824. The summed E-state index contributed by atoms with van der Waals surface area (Å²) in [7, 11) is 0. The zero-order valence-corrected chi connectivity index (χ0v) is 16.3. The van der Waals surface area contributed by atoms with Gasteiger partial charge in [-0.25, -0.2) is 4.39 Å². The summed E-state index contributed by atoms with van der Waals surface area (Å²) in [6.45, 7) is 1.23. The second-order valence-corrected chi connectivity index (χ2v) is 7.87. The molecule has 9 nitrogen and oxygen atoms in total. The molecule has 0 spiro atoms. The number of carboxylic acid groups (broad SMARTS) is 1. The Balaban J connectivity index is 1.68. The van der Waals surface area contributed by atoms with E-state index in [9.17, 15) is 34.0 Å². The number of aliphatic carboxylic acids is 1. The van der Waals surface area contributed by atoms with Crippen LogP contribution in [0.3, 0.4) is 0 Å². The molecule has 10 heteroatoms. The van der Waals surface area contributed by atoms with Gasteiger partial charge in [0, 0.05) is 18.2 Å². The molecule has 2 aliphatic heterocycles. The van der Waals surface area contributed by atoms with E-state index in [0.29, 0.717) is 11.1 Å². The smallest absolute Gasteiger partial charge is 0.324 e. The van der Waals surface area contributed by atoms with E-state index < -0.39 is 51.9 Å². The Kier molecular flexibility index (Phi) is 4.81. The number of rotatable bonds is 5. The van der Waals surface area contributed by atoms with Crippen molar-refractivity contribution in [3.8, 4) is 0 Å². The first-order valence-corrected chi connectivity index (χ1v) is 9.48. The second-order valence-electron chi connectivity index (χ2n) is 7.87. The fraction of sp³-hybridized carbons (Fsp3) is 0.286. The number of hydrogen-bond acceptors (Lipinski definition) is 6. The number of nitro benzene ring substituents is 1. The topological polar surface area (TPSA) is 130 Å². The minimum atomic E-state index is -1.69. The minimum Gasteiger partial charge on any atom is -0.480 e. The minimum absolute atomic E-state index is 0.126. The van der Waals surface area contributed by atoms with Crippen molar-refractivity contribution in [3.05, 3.63) is 75.6 Å². The summed E-state index contributed by atoms with van der Waals surface area (Å²) in [5.74, 6) is -5.04. The first-order valence-electron chi connectivity index (χ1n) is 9.48. The summed E-state index contributed by atoms with van der Waals surface area (Å²) in [6, 6.07) is 9.96. The largest absolute Gasteiger partial charge is 0.480 e. The lowest BCUT2D eigenvalue weighted by molar-refractivity contribution is -0.384. The van der Waals surface area contributed by atoms with E-state index in [1.165, 1.54) is 55.5 Å². The highest BCUT2D eigenvalue weighted by molar-refractivity contribution is 6.09. The van der Waals surface area contributed by atoms with Gasteiger partial charge in [-0.3, -0.25) is 34.7 Å². The number of nitro groups is 1. The summed E-state index contributed by atoms with van der Waals surface area (Å²) in [6.07, 6.45) is 0. The van der Waals surface area contributed by atoms with E-state index in [1.807, 2.05) is 0 Å². The Labute approximate surface area is 175 Å². The van der Waals surface area contributed by atoms with Crippen molar-refractivity contribution >= 4 is 23.5 Å². The third-order valence-electron chi connectivity index (χ3n) is 6.04. The highest BCUT2D eigenvalue weighted by Crippen LogP contribution is 2.49. The van der Waals surface area contributed by atoms with Crippen LogP contribution >= 0.6 is 0 Å². The van der Waals surface area contributed by atoms with Crippen LogP contribution in [-0.4, -0.2) is 38.3 Å². The molecule has 31 heavy (non-hydrogen) atoms. The lowest BCUT2D eigenvalue weighted by atomic mass is 9.80. The van der Waals surface area contributed by atoms with Gasteiger partial charge in [0.05, 0.1) is 23.3 Å². The normalized spacial score (nSPS) is 27.4. The van der Waals surface area contributed by atoms with Crippen molar-refractivity contribution in [1.82, 2.24) is 10.2 Å². The Morgan fingerprint density at radius 3 is 2.32 bits per heavy atom. The number of nitrogens with zero attached hydrogens (tertiary/aromatic N) is 2. The molecule has 4 atom stereocenters. The number of nitrogens with one attached hydrogen (secondary N) is 1. The maximum absolute atomic E-state index is 13.4. The Morgan fingerprint density at radius 1 is 1.16 bits per heavy atom. The monoisotopic (exact) mass is 427 g/mol. The molecule has 160 valence electrons. The van der Waals surface area contributed by atoms with Crippen LogP contribution in [0.5, 0.6) is 0 Å². The van der Waals surface area contributed by atoms with E-state index in [4.69, 9.17) is 0 Å². The molecule has 2 aliphatic rings. The number of benzene rings is 2. The van der Waals surface area contributed by atoms with Crippen LogP contribution in [0.15, 0.2) is 48.5 Å². The average molecular weight is 427 g/mol. The van der Waals surface area contributed by atoms with Crippen LogP contribution in [0.2, 0.25) is 0 Å². The first kappa shape index (κ1) is 20.6. The van der Waals surface area contributed by atoms with Gasteiger partial charge in [-0.15, -0.1) is 0 Å². The number of halogens is 1. The van der Waals surface area contributed by atoms with Crippen LogP contribution < -0.4 is 5.32 Å². The number of likely N-dealkylation sites (tertiary alicyclic amines) is 1. The molecule has 0 aliphatic carbocycles. The van der Waals surface area contributed by atoms with Gasteiger partial charge < -0.3 is 5.11 Å². The van der Waals surface area contributed by atoms with Gasteiger partial charge in [0.15, 0.2) is 0 Å². The molecular formula is C21H18FN3O6.